The summed E-state index contributed by atoms with van der Waals surface area (Å²) >= 11 is 0. The third-order valence-electron chi connectivity index (χ3n) is 5.76. The standard InChI is InChI=1S/C22H24N4O3/c27-21(16-8-9-19-20(14-16)29-15-28-19)24-22-23-17-6-2-3-7-18(17)26(22)13-12-25-10-4-1-5-11-25/h2-3,6-9,14H,1,4-5,10-13,15H2,(H,23,24,27)/p+1. The number of hydrogen-bond donors (Lipinski definition) is 2. The smallest absolute Gasteiger partial charge is 0.258 e. The number of nitrogens with zero attached hydrogens (tertiary/aromatic N) is 2. The number of piperidine rings is 1. The molecule has 0 aliphatic carbocycles. The van der Waals surface area contributed by atoms with Crippen LogP contribution in [0.15, 0.2) is 42.5 Å². The predicted molar refractivity (Wildman–Crippen MR) is 110 cm³/mol. The number of anilines is 1. The van der Waals surface area contributed by atoms with Crippen molar-refractivity contribution in [3.8, 4) is 11.5 Å². The molecule has 3 heterocycles. The first kappa shape index (κ1) is 18.0. The summed E-state index contributed by atoms with van der Waals surface area (Å²) in [4.78, 5) is 19.2. The molecule has 1 fully saturated rings. The molecule has 0 radical (unpaired) electrons. The summed E-state index contributed by atoms with van der Waals surface area (Å²) in [5.74, 6) is 1.65. The summed E-state index contributed by atoms with van der Waals surface area (Å²) in [7, 11) is 0. The van der Waals surface area contributed by atoms with Crippen LogP contribution in [0, 0.1) is 0 Å². The van der Waals surface area contributed by atoms with Gasteiger partial charge < -0.3 is 18.9 Å². The minimum atomic E-state index is -0.204. The molecule has 2 aliphatic heterocycles. The predicted octanol–water partition coefficient (Wildman–Crippen LogP) is 2.09. The van der Waals surface area contributed by atoms with Crippen molar-refractivity contribution < 1.29 is 19.2 Å². The maximum Gasteiger partial charge on any atom is 0.258 e. The van der Waals surface area contributed by atoms with Crippen LogP contribution in [0.3, 0.4) is 0 Å². The third kappa shape index (κ3) is 3.65. The lowest BCUT2D eigenvalue weighted by Crippen LogP contribution is -3.13. The minimum absolute atomic E-state index is 0.190. The zero-order valence-corrected chi connectivity index (χ0v) is 16.3. The van der Waals surface area contributed by atoms with Gasteiger partial charge in [-0.25, -0.2) is 4.98 Å². The van der Waals surface area contributed by atoms with Gasteiger partial charge in [-0.05, 0) is 49.6 Å². The highest BCUT2D eigenvalue weighted by Crippen LogP contribution is 2.32. The van der Waals surface area contributed by atoms with Crippen molar-refractivity contribution in [2.75, 3.05) is 31.7 Å². The van der Waals surface area contributed by atoms with Gasteiger partial charge in [0, 0.05) is 5.56 Å². The molecule has 1 amide bonds. The van der Waals surface area contributed by atoms with E-state index in [1.54, 1.807) is 23.1 Å². The Kier molecular flexibility index (Phi) is 4.81. The molecule has 0 atom stereocenters. The summed E-state index contributed by atoms with van der Waals surface area (Å²) in [5.41, 5.74) is 2.46. The Morgan fingerprint density at radius 3 is 2.79 bits per heavy atom. The van der Waals surface area contributed by atoms with Crippen LogP contribution in [0.25, 0.3) is 11.0 Å². The number of amides is 1. The molecule has 5 rings (SSSR count). The first-order valence-corrected chi connectivity index (χ1v) is 10.3. The number of para-hydroxylation sites is 2. The average molecular weight is 393 g/mol. The van der Waals surface area contributed by atoms with Gasteiger partial charge in [0.15, 0.2) is 11.5 Å². The van der Waals surface area contributed by atoms with Crippen LogP contribution in [-0.2, 0) is 6.54 Å². The SMILES string of the molecule is O=C(Nc1nc2ccccc2n1CC[NH+]1CCCCC1)c1ccc2c(c1)OCO2. The van der Waals surface area contributed by atoms with Crippen molar-refractivity contribution in [1.29, 1.82) is 0 Å². The molecule has 0 saturated carbocycles. The van der Waals surface area contributed by atoms with Gasteiger partial charge in [0.1, 0.15) is 0 Å². The van der Waals surface area contributed by atoms with Crippen LogP contribution in [0.1, 0.15) is 29.6 Å². The van der Waals surface area contributed by atoms with E-state index >= 15 is 0 Å². The molecule has 150 valence electrons. The first-order valence-electron chi connectivity index (χ1n) is 10.3. The number of ether oxygens (including phenoxy) is 2. The maximum absolute atomic E-state index is 12.9. The molecule has 0 unspecified atom stereocenters. The van der Waals surface area contributed by atoms with E-state index in [1.807, 2.05) is 18.2 Å². The summed E-state index contributed by atoms with van der Waals surface area (Å²) in [6.45, 7) is 4.51. The number of carbonyl (C=O) groups excluding carboxylic acids is 1. The summed E-state index contributed by atoms with van der Waals surface area (Å²) in [6, 6.07) is 13.2. The van der Waals surface area contributed by atoms with E-state index in [0.29, 0.717) is 23.0 Å². The van der Waals surface area contributed by atoms with Crippen molar-refractivity contribution in [2.45, 2.75) is 25.8 Å². The molecule has 7 nitrogen and oxygen atoms in total. The van der Waals surface area contributed by atoms with E-state index < -0.39 is 0 Å². The highest BCUT2D eigenvalue weighted by atomic mass is 16.7. The highest BCUT2D eigenvalue weighted by molar-refractivity contribution is 6.04. The molecular weight excluding hydrogens is 368 g/mol. The number of quaternary nitrogens is 1. The largest absolute Gasteiger partial charge is 0.454 e. The molecule has 0 bridgehead atoms. The lowest BCUT2D eigenvalue weighted by molar-refractivity contribution is -0.905. The number of fused-ring (bicyclic) bond motifs is 2. The lowest BCUT2D eigenvalue weighted by atomic mass is 10.1. The van der Waals surface area contributed by atoms with Crippen LogP contribution < -0.4 is 19.7 Å². The number of nitrogens with one attached hydrogen (secondary N) is 2. The number of aromatic nitrogens is 2. The molecule has 2 N–H and O–H groups in total. The van der Waals surface area contributed by atoms with Gasteiger partial charge in [-0.1, -0.05) is 12.1 Å². The second kappa shape index (κ2) is 7.75. The number of imidazole rings is 1. The fourth-order valence-electron chi connectivity index (χ4n) is 4.18. The van der Waals surface area contributed by atoms with E-state index in [-0.39, 0.29) is 12.7 Å². The van der Waals surface area contributed by atoms with Gasteiger partial charge in [-0.15, -0.1) is 0 Å². The Balaban J connectivity index is 1.39. The number of rotatable bonds is 5. The molecule has 1 saturated heterocycles. The lowest BCUT2D eigenvalue weighted by Gasteiger charge is -2.24. The second-order valence-electron chi connectivity index (χ2n) is 7.66. The van der Waals surface area contributed by atoms with Crippen molar-refractivity contribution in [3.63, 3.8) is 0 Å². The van der Waals surface area contributed by atoms with Gasteiger partial charge in [0.2, 0.25) is 12.7 Å². The molecule has 2 aromatic carbocycles. The van der Waals surface area contributed by atoms with E-state index in [0.717, 1.165) is 24.1 Å². The zero-order valence-electron chi connectivity index (χ0n) is 16.3. The van der Waals surface area contributed by atoms with E-state index in [4.69, 9.17) is 9.47 Å². The quantitative estimate of drug-likeness (QED) is 0.697. The van der Waals surface area contributed by atoms with Gasteiger partial charge >= 0.3 is 0 Å². The molecule has 7 heteroatoms. The van der Waals surface area contributed by atoms with Crippen LogP contribution in [0.2, 0.25) is 0 Å². The number of hydrogen-bond acceptors (Lipinski definition) is 4. The van der Waals surface area contributed by atoms with E-state index in [2.05, 4.69) is 20.9 Å². The van der Waals surface area contributed by atoms with Crippen molar-refractivity contribution >= 4 is 22.9 Å². The van der Waals surface area contributed by atoms with E-state index in [9.17, 15) is 4.79 Å². The number of carbonyl (C=O) groups is 1. The molecular formula is C22H25N4O3+. The zero-order chi connectivity index (χ0) is 19.6. The maximum atomic E-state index is 12.9. The van der Waals surface area contributed by atoms with Crippen molar-refractivity contribution in [1.82, 2.24) is 9.55 Å². The van der Waals surface area contributed by atoms with Crippen LogP contribution >= 0.6 is 0 Å². The Bertz CT molecular complexity index is 1040. The second-order valence-corrected chi connectivity index (χ2v) is 7.66. The topological polar surface area (TPSA) is 69.8 Å². The van der Waals surface area contributed by atoms with Gasteiger partial charge in [-0.2, -0.15) is 0 Å². The first-order chi connectivity index (χ1) is 14.3. The Morgan fingerprint density at radius 1 is 1.07 bits per heavy atom. The average Bonchev–Trinajstić information content (AvgIpc) is 3.36. The van der Waals surface area contributed by atoms with Crippen LogP contribution in [-0.4, -0.2) is 41.9 Å². The molecule has 1 aromatic heterocycles. The Morgan fingerprint density at radius 2 is 1.90 bits per heavy atom. The van der Waals surface area contributed by atoms with Crippen LogP contribution in [0.5, 0.6) is 11.5 Å². The van der Waals surface area contributed by atoms with Gasteiger partial charge in [0.05, 0.1) is 37.2 Å². The van der Waals surface area contributed by atoms with Crippen LogP contribution in [0.4, 0.5) is 5.95 Å². The number of likely N-dealkylation sites (tertiary alicyclic amines) is 1. The fourth-order valence-corrected chi connectivity index (χ4v) is 4.18. The Labute approximate surface area is 169 Å². The fraction of sp³-hybridized carbons (Fsp3) is 0.364. The van der Waals surface area contributed by atoms with Crippen molar-refractivity contribution in [3.05, 3.63) is 48.0 Å². The summed E-state index contributed by atoms with van der Waals surface area (Å²) < 4.78 is 12.8. The molecule has 3 aromatic rings. The minimum Gasteiger partial charge on any atom is -0.454 e. The van der Waals surface area contributed by atoms with E-state index in [1.165, 1.54) is 32.4 Å². The molecule has 2 aliphatic rings. The normalized spacial score (nSPS) is 16.3. The molecule has 29 heavy (non-hydrogen) atoms. The van der Waals surface area contributed by atoms with Crippen molar-refractivity contribution in [2.24, 2.45) is 0 Å². The summed E-state index contributed by atoms with van der Waals surface area (Å²) in [5, 5.41) is 3.00. The van der Waals surface area contributed by atoms with Gasteiger partial charge in [-0.3, -0.25) is 10.1 Å². The third-order valence-corrected chi connectivity index (χ3v) is 5.76. The highest BCUT2D eigenvalue weighted by Gasteiger charge is 2.20. The monoisotopic (exact) mass is 393 g/mol. The molecule has 0 spiro atoms. The number of benzene rings is 2. The van der Waals surface area contributed by atoms with Gasteiger partial charge in [0.25, 0.3) is 5.91 Å². The Hall–Kier alpha value is -3.06. The summed E-state index contributed by atoms with van der Waals surface area (Å²) in [6.07, 6.45) is 3.94.